The van der Waals surface area contributed by atoms with E-state index in [9.17, 15) is 0 Å². The largest absolute Gasteiger partial charge is 0.339 e. The summed E-state index contributed by atoms with van der Waals surface area (Å²) < 4.78 is 2.50. The summed E-state index contributed by atoms with van der Waals surface area (Å²) in [6, 6.07) is 17.3. The molecule has 0 saturated carbocycles. The summed E-state index contributed by atoms with van der Waals surface area (Å²) in [5.74, 6) is 0. The van der Waals surface area contributed by atoms with Crippen molar-refractivity contribution in [2.45, 2.75) is 26.8 Å². The Morgan fingerprint density at radius 2 is 1.68 bits per heavy atom. The Balaban J connectivity index is 1.70. The van der Waals surface area contributed by atoms with Gasteiger partial charge in [0.15, 0.2) is 0 Å². The molecule has 5 heteroatoms. The fourth-order valence-electron chi connectivity index (χ4n) is 5.27. The van der Waals surface area contributed by atoms with Gasteiger partial charge in [0.2, 0.25) is 0 Å². The molecule has 3 aromatic heterocycles. The first-order valence-electron chi connectivity index (χ1n) is 11.3. The van der Waals surface area contributed by atoms with Gasteiger partial charge in [-0.05, 0) is 38.2 Å². The van der Waals surface area contributed by atoms with E-state index in [2.05, 4.69) is 88.2 Å². The van der Waals surface area contributed by atoms with Gasteiger partial charge in [0, 0.05) is 45.2 Å². The average molecular weight is 410 g/mol. The number of aromatic nitrogens is 4. The molecule has 0 aliphatic heterocycles. The number of aromatic amines is 2. The molecule has 5 nitrogen and oxygen atoms in total. The highest BCUT2D eigenvalue weighted by atomic mass is 15.1. The van der Waals surface area contributed by atoms with Crippen molar-refractivity contribution < 1.29 is 0 Å². The Morgan fingerprint density at radius 3 is 2.52 bits per heavy atom. The van der Waals surface area contributed by atoms with Crippen molar-refractivity contribution in [1.82, 2.24) is 24.6 Å². The van der Waals surface area contributed by atoms with Crippen molar-refractivity contribution in [3.63, 3.8) is 0 Å². The van der Waals surface area contributed by atoms with Crippen LogP contribution in [0, 0.1) is 0 Å². The van der Waals surface area contributed by atoms with E-state index >= 15 is 0 Å². The molecule has 0 unspecified atom stereocenters. The van der Waals surface area contributed by atoms with E-state index in [0.29, 0.717) is 0 Å². The topological polar surface area (TPSA) is 52.6 Å². The lowest BCUT2D eigenvalue weighted by Crippen LogP contribution is -2.24. The normalized spacial score (nSPS) is 12.5. The van der Waals surface area contributed by atoms with E-state index in [4.69, 9.17) is 4.98 Å². The third-order valence-electron chi connectivity index (χ3n) is 6.79. The second kappa shape index (κ2) is 7.13. The zero-order valence-electron chi connectivity index (χ0n) is 18.1. The molecule has 3 heterocycles. The predicted octanol–water partition coefficient (Wildman–Crippen LogP) is 6.04. The molecule has 0 aliphatic rings. The number of fused-ring (bicyclic) bond motifs is 10. The van der Waals surface area contributed by atoms with Crippen molar-refractivity contribution in [2.24, 2.45) is 0 Å². The second-order valence-electron chi connectivity index (χ2n) is 8.33. The predicted molar refractivity (Wildman–Crippen MR) is 131 cm³/mol. The molecule has 0 radical (unpaired) electrons. The van der Waals surface area contributed by atoms with E-state index in [-0.39, 0.29) is 0 Å². The standard InChI is InChI=1S/C26H27N5/c1-3-30(4-2)14-9-15-31-21-13-8-6-11-18(21)23-24-19(16-27-29-24)22-17-10-5-7-12-20(17)28-25(22)26(23)31/h5-8,10-13,16,27,29H,3-4,9,14-15H2,1-2H3. The minimum Gasteiger partial charge on any atom is -0.339 e. The van der Waals surface area contributed by atoms with Crippen LogP contribution < -0.4 is 0 Å². The van der Waals surface area contributed by atoms with Crippen molar-refractivity contribution in [3.05, 3.63) is 54.7 Å². The highest BCUT2D eigenvalue weighted by molar-refractivity contribution is 6.34. The van der Waals surface area contributed by atoms with Crippen LogP contribution in [0.4, 0.5) is 0 Å². The number of hydrogen-bond acceptors (Lipinski definition) is 2. The minimum absolute atomic E-state index is 0.981. The Bertz CT molecular complexity index is 1540. The number of hydrogen-bond donors (Lipinski definition) is 2. The number of nitrogens with one attached hydrogen (secondary N) is 2. The van der Waals surface area contributed by atoms with Crippen LogP contribution in [0.5, 0.6) is 0 Å². The van der Waals surface area contributed by atoms with Crippen molar-refractivity contribution in [3.8, 4) is 0 Å². The molecule has 0 spiro atoms. The summed E-state index contributed by atoms with van der Waals surface area (Å²) in [5, 5.41) is 12.9. The summed E-state index contributed by atoms with van der Waals surface area (Å²) in [4.78, 5) is 7.64. The molecule has 0 fully saturated rings. The van der Waals surface area contributed by atoms with Gasteiger partial charge < -0.3 is 19.7 Å². The van der Waals surface area contributed by atoms with Gasteiger partial charge in [-0.25, -0.2) is 4.98 Å². The first kappa shape index (κ1) is 18.5. The van der Waals surface area contributed by atoms with Gasteiger partial charge in [-0.1, -0.05) is 50.2 Å². The molecule has 156 valence electrons. The summed E-state index contributed by atoms with van der Waals surface area (Å²) >= 11 is 0. The lowest BCUT2D eigenvalue weighted by molar-refractivity contribution is 0.294. The van der Waals surface area contributed by atoms with Crippen LogP contribution in [0.1, 0.15) is 20.3 Å². The third kappa shape index (κ3) is 2.63. The molecular formula is C26H27N5. The van der Waals surface area contributed by atoms with E-state index in [1.165, 1.54) is 43.5 Å². The fourth-order valence-corrected chi connectivity index (χ4v) is 5.27. The van der Waals surface area contributed by atoms with Crippen molar-refractivity contribution >= 4 is 54.5 Å². The molecule has 2 N–H and O–H groups in total. The first-order chi connectivity index (χ1) is 15.3. The van der Waals surface area contributed by atoms with Crippen LogP contribution in [0.15, 0.2) is 54.7 Å². The molecule has 0 amide bonds. The number of para-hydroxylation sites is 2. The SMILES string of the molecule is CCN(CC)CCCn1c2ccccc2c2c3[nH][nH]cc3c3c4ccccc4nc3c21. The van der Waals surface area contributed by atoms with Crippen LogP contribution >= 0.6 is 0 Å². The number of H-pyrrole nitrogens is 2. The molecule has 0 aliphatic carbocycles. The summed E-state index contributed by atoms with van der Waals surface area (Å²) in [5.41, 5.74) is 5.87. The molecule has 6 aromatic rings. The van der Waals surface area contributed by atoms with Crippen LogP contribution in [-0.4, -0.2) is 44.3 Å². The smallest absolute Gasteiger partial charge is 0.0967 e. The average Bonchev–Trinajstić information content (AvgIpc) is 3.50. The van der Waals surface area contributed by atoms with Gasteiger partial charge in [-0.2, -0.15) is 0 Å². The van der Waals surface area contributed by atoms with Crippen molar-refractivity contribution in [1.29, 1.82) is 0 Å². The Morgan fingerprint density at radius 1 is 0.903 bits per heavy atom. The van der Waals surface area contributed by atoms with Crippen LogP contribution in [0.25, 0.3) is 54.5 Å². The van der Waals surface area contributed by atoms with E-state index in [0.717, 1.165) is 43.6 Å². The van der Waals surface area contributed by atoms with Gasteiger partial charge in [-0.3, -0.25) is 0 Å². The summed E-state index contributed by atoms with van der Waals surface area (Å²) in [7, 11) is 0. The maximum Gasteiger partial charge on any atom is 0.0967 e. The molecule has 3 aromatic carbocycles. The Labute approximate surface area is 180 Å². The van der Waals surface area contributed by atoms with Crippen LogP contribution in [0.3, 0.4) is 0 Å². The molecule has 6 rings (SSSR count). The number of benzene rings is 3. The Hall–Kier alpha value is -3.31. The Kier molecular flexibility index (Phi) is 4.25. The van der Waals surface area contributed by atoms with E-state index < -0.39 is 0 Å². The van der Waals surface area contributed by atoms with Gasteiger partial charge in [0.1, 0.15) is 0 Å². The summed E-state index contributed by atoms with van der Waals surface area (Å²) in [6.45, 7) is 8.77. The highest BCUT2D eigenvalue weighted by Gasteiger charge is 2.21. The van der Waals surface area contributed by atoms with Gasteiger partial charge in [0.25, 0.3) is 0 Å². The minimum atomic E-state index is 0.981. The van der Waals surface area contributed by atoms with Gasteiger partial charge in [0.05, 0.1) is 22.1 Å². The molecule has 0 bridgehead atoms. The molecular weight excluding hydrogens is 382 g/mol. The molecule has 0 saturated heterocycles. The highest BCUT2D eigenvalue weighted by Crippen LogP contribution is 2.42. The van der Waals surface area contributed by atoms with E-state index in [1.807, 2.05) is 0 Å². The molecule has 0 atom stereocenters. The van der Waals surface area contributed by atoms with Crippen LogP contribution in [-0.2, 0) is 6.54 Å². The lowest BCUT2D eigenvalue weighted by Gasteiger charge is -2.18. The lowest BCUT2D eigenvalue weighted by atomic mass is 10.0. The zero-order chi connectivity index (χ0) is 20.9. The number of nitrogens with zero attached hydrogens (tertiary/aromatic N) is 3. The fraction of sp³-hybridized carbons (Fsp3) is 0.269. The van der Waals surface area contributed by atoms with E-state index in [1.54, 1.807) is 0 Å². The quantitative estimate of drug-likeness (QED) is 0.352. The molecule has 31 heavy (non-hydrogen) atoms. The van der Waals surface area contributed by atoms with Crippen molar-refractivity contribution in [2.75, 3.05) is 19.6 Å². The van der Waals surface area contributed by atoms with Gasteiger partial charge in [-0.15, -0.1) is 0 Å². The maximum absolute atomic E-state index is 5.15. The zero-order valence-corrected chi connectivity index (χ0v) is 18.1. The van der Waals surface area contributed by atoms with Crippen LogP contribution in [0.2, 0.25) is 0 Å². The third-order valence-corrected chi connectivity index (χ3v) is 6.79. The monoisotopic (exact) mass is 409 g/mol. The summed E-state index contributed by atoms with van der Waals surface area (Å²) in [6.07, 6.45) is 3.20. The maximum atomic E-state index is 5.15. The first-order valence-corrected chi connectivity index (χ1v) is 11.3. The van der Waals surface area contributed by atoms with Gasteiger partial charge >= 0.3 is 0 Å². The second-order valence-corrected chi connectivity index (χ2v) is 8.33. The number of aryl methyl sites for hydroxylation is 1. The number of rotatable bonds is 6.